The lowest BCUT2D eigenvalue weighted by atomic mass is 10.0. The molecule has 0 heterocycles. The predicted molar refractivity (Wildman–Crippen MR) is 50.1 cm³/mol. The molecular weight excluding hydrogens is 150 g/mol. The first-order valence-corrected chi connectivity index (χ1v) is 4.76. The Morgan fingerprint density at radius 2 is 2.00 bits per heavy atom. The van der Waals surface area contributed by atoms with Crippen molar-refractivity contribution >= 4 is 6.29 Å². The van der Waals surface area contributed by atoms with E-state index >= 15 is 0 Å². The molecule has 1 aliphatic carbocycles. The highest BCUT2D eigenvalue weighted by molar-refractivity contribution is 5.55. The fourth-order valence-electron chi connectivity index (χ4n) is 1.89. The first kappa shape index (κ1) is 9.72. The van der Waals surface area contributed by atoms with Crippen LogP contribution in [0.15, 0.2) is 0 Å². The lowest BCUT2D eigenvalue weighted by Crippen LogP contribution is -2.45. The summed E-state index contributed by atoms with van der Waals surface area (Å²) < 4.78 is 0. The fourth-order valence-corrected chi connectivity index (χ4v) is 1.89. The average molecular weight is 169 g/mol. The summed E-state index contributed by atoms with van der Waals surface area (Å²) in [5.41, 5.74) is 0.135. The smallest absolute Gasteiger partial charge is 0.124 e. The lowest BCUT2D eigenvalue weighted by molar-refractivity contribution is -0.111. The van der Waals surface area contributed by atoms with Gasteiger partial charge in [-0.2, -0.15) is 0 Å². The van der Waals surface area contributed by atoms with Gasteiger partial charge in [0.1, 0.15) is 6.29 Å². The Bertz CT molecular complexity index is 160. The van der Waals surface area contributed by atoms with E-state index in [1.807, 2.05) is 0 Å². The van der Waals surface area contributed by atoms with E-state index in [0.717, 1.165) is 19.1 Å². The highest BCUT2D eigenvalue weighted by atomic mass is 16.1. The van der Waals surface area contributed by atoms with E-state index in [1.165, 1.54) is 6.42 Å². The number of nitrogens with one attached hydrogen (secondary N) is 1. The highest BCUT2D eigenvalue weighted by Crippen LogP contribution is 2.25. The summed E-state index contributed by atoms with van der Waals surface area (Å²) in [5, 5.41) is 3.49. The van der Waals surface area contributed by atoms with Crippen LogP contribution in [0.3, 0.4) is 0 Å². The largest absolute Gasteiger partial charge is 0.309 e. The van der Waals surface area contributed by atoms with Crippen molar-refractivity contribution in [1.29, 1.82) is 0 Å². The number of carbonyl (C=O) groups excluding carboxylic acids is 1. The van der Waals surface area contributed by atoms with E-state index < -0.39 is 0 Å². The molecule has 0 amide bonds. The second-order valence-electron chi connectivity index (χ2n) is 4.73. The van der Waals surface area contributed by atoms with Crippen molar-refractivity contribution in [3.63, 3.8) is 0 Å². The summed E-state index contributed by atoms with van der Waals surface area (Å²) in [7, 11) is 0. The standard InChI is InChI=1S/C10H19NO/c1-10(2,3)11-9-6-4-5-8(9)7-12/h7-9,11H,4-6H2,1-3H3. The maximum absolute atomic E-state index is 10.7. The van der Waals surface area contributed by atoms with Crippen LogP contribution in [0, 0.1) is 5.92 Å². The zero-order valence-electron chi connectivity index (χ0n) is 8.26. The van der Waals surface area contributed by atoms with Crippen LogP contribution in [0.25, 0.3) is 0 Å². The normalized spacial score (nSPS) is 30.6. The van der Waals surface area contributed by atoms with Crippen LogP contribution in [0.2, 0.25) is 0 Å². The minimum Gasteiger partial charge on any atom is -0.309 e. The summed E-state index contributed by atoms with van der Waals surface area (Å²) >= 11 is 0. The van der Waals surface area contributed by atoms with Gasteiger partial charge in [0.2, 0.25) is 0 Å². The van der Waals surface area contributed by atoms with Gasteiger partial charge in [0.25, 0.3) is 0 Å². The van der Waals surface area contributed by atoms with Crippen molar-refractivity contribution in [3.05, 3.63) is 0 Å². The van der Waals surface area contributed by atoms with Gasteiger partial charge >= 0.3 is 0 Å². The third-order valence-corrected chi connectivity index (χ3v) is 2.36. The van der Waals surface area contributed by atoms with E-state index in [1.54, 1.807) is 0 Å². The fraction of sp³-hybridized carbons (Fsp3) is 0.900. The van der Waals surface area contributed by atoms with Crippen molar-refractivity contribution in [1.82, 2.24) is 5.32 Å². The first-order valence-electron chi connectivity index (χ1n) is 4.76. The van der Waals surface area contributed by atoms with Crippen LogP contribution in [0.5, 0.6) is 0 Å². The molecule has 1 saturated carbocycles. The molecule has 0 bridgehead atoms. The number of hydrogen-bond donors (Lipinski definition) is 1. The van der Waals surface area contributed by atoms with Gasteiger partial charge in [-0.15, -0.1) is 0 Å². The topological polar surface area (TPSA) is 29.1 Å². The molecule has 2 atom stereocenters. The Balaban J connectivity index is 2.46. The van der Waals surface area contributed by atoms with Crippen molar-refractivity contribution in [2.45, 2.75) is 51.6 Å². The Kier molecular flexibility index (Phi) is 2.89. The van der Waals surface area contributed by atoms with Crippen LogP contribution in [0.1, 0.15) is 40.0 Å². The van der Waals surface area contributed by atoms with Crippen LogP contribution in [-0.4, -0.2) is 17.9 Å². The molecule has 70 valence electrons. The van der Waals surface area contributed by atoms with Gasteiger partial charge in [0.15, 0.2) is 0 Å². The van der Waals surface area contributed by atoms with Crippen LogP contribution in [0.4, 0.5) is 0 Å². The molecule has 12 heavy (non-hydrogen) atoms. The Morgan fingerprint density at radius 3 is 2.50 bits per heavy atom. The summed E-state index contributed by atoms with van der Waals surface area (Å²) in [6.45, 7) is 6.44. The molecule has 2 unspecified atom stereocenters. The first-order chi connectivity index (χ1) is 5.53. The number of carbonyl (C=O) groups is 1. The number of aldehydes is 1. The lowest BCUT2D eigenvalue weighted by Gasteiger charge is -2.27. The molecule has 0 saturated heterocycles. The van der Waals surface area contributed by atoms with Crippen molar-refractivity contribution in [3.8, 4) is 0 Å². The van der Waals surface area contributed by atoms with E-state index in [9.17, 15) is 4.79 Å². The van der Waals surface area contributed by atoms with Crippen LogP contribution >= 0.6 is 0 Å². The summed E-state index contributed by atoms with van der Waals surface area (Å²) in [4.78, 5) is 10.7. The molecular formula is C10H19NO. The summed E-state index contributed by atoms with van der Waals surface area (Å²) in [6, 6.07) is 0.419. The summed E-state index contributed by atoms with van der Waals surface area (Å²) in [5.74, 6) is 0.254. The van der Waals surface area contributed by atoms with Crippen molar-refractivity contribution in [2.24, 2.45) is 5.92 Å². The SMILES string of the molecule is CC(C)(C)NC1CCCC1C=O. The number of hydrogen-bond acceptors (Lipinski definition) is 2. The molecule has 1 aliphatic rings. The minimum absolute atomic E-state index is 0.135. The molecule has 0 radical (unpaired) electrons. The third kappa shape index (κ3) is 2.59. The maximum Gasteiger partial charge on any atom is 0.124 e. The zero-order valence-corrected chi connectivity index (χ0v) is 8.26. The molecule has 1 N–H and O–H groups in total. The van der Waals surface area contributed by atoms with E-state index in [2.05, 4.69) is 26.1 Å². The maximum atomic E-state index is 10.7. The van der Waals surface area contributed by atoms with Gasteiger partial charge in [-0.1, -0.05) is 6.42 Å². The highest BCUT2D eigenvalue weighted by Gasteiger charge is 2.29. The van der Waals surface area contributed by atoms with Gasteiger partial charge in [-0.05, 0) is 33.6 Å². The Hall–Kier alpha value is -0.370. The Labute approximate surface area is 74.7 Å². The van der Waals surface area contributed by atoms with Gasteiger partial charge in [-0.3, -0.25) is 0 Å². The summed E-state index contributed by atoms with van der Waals surface area (Å²) in [6.07, 6.45) is 4.52. The molecule has 0 aliphatic heterocycles. The van der Waals surface area contributed by atoms with Gasteiger partial charge < -0.3 is 10.1 Å². The van der Waals surface area contributed by atoms with Gasteiger partial charge in [0.05, 0.1) is 0 Å². The third-order valence-electron chi connectivity index (χ3n) is 2.36. The van der Waals surface area contributed by atoms with Crippen molar-refractivity contribution in [2.75, 3.05) is 0 Å². The molecule has 0 spiro atoms. The minimum atomic E-state index is 0.135. The average Bonchev–Trinajstić information content (AvgIpc) is 2.31. The molecule has 0 aromatic rings. The van der Waals surface area contributed by atoms with Crippen molar-refractivity contribution < 1.29 is 4.79 Å². The van der Waals surface area contributed by atoms with Gasteiger partial charge in [0, 0.05) is 17.5 Å². The van der Waals surface area contributed by atoms with Crippen LogP contribution in [-0.2, 0) is 4.79 Å². The zero-order chi connectivity index (χ0) is 9.19. The van der Waals surface area contributed by atoms with E-state index in [-0.39, 0.29) is 11.5 Å². The Morgan fingerprint density at radius 1 is 1.33 bits per heavy atom. The van der Waals surface area contributed by atoms with E-state index in [0.29, 0.717) is 6.04 Å². The second kappa shape index (κ2) is 3.56. The van der Waals surface area contributed by atoms with Crippen LogP contribution < -0.4 is 5.32 Å². The number of rotatable bonds is 2. The quantitative estimate of drug-likeness (QED) is 0.638. The predicted octanol–water partition coefficient (Wildman–Crippen LogP) is 1.74. The van der Waals surface area contributed by atoms with Gasteiger partial charge in [-0.25, -0.2) is 0 Å². The molecule has 1 rings (SSSR count). The molecule has 0 aromatic carbocycles. The van der Waals surface area contributed by atoms with E-state index in [4.69, 9.17) is 0 Å². The molecule has 0 aromatic heterocycles. The molecule has 1 fully saturated rings. The monoisotopic (exact) mass is 169 g/mol. The molecule has 2 heteroatoms. The molecule has 2 nitrogen and oxygen atoms in total. The second-order valence-corrected chi connectivity index (χ2v) is 4.73.